The zero-order chi connectivity index (χ0) is 15.2. The highest BCUT2D eigenvalue weighted by molar-refractivity contribution is 6.23. The lowest BCUT2D eigenvalue weighted by atomic mass is 9.63. The predicted octanol–water partition coefficient (Wildman–Crippen LogP) is 2.86. The normalized spacial score (nSPS) is 40.9. The minimum absolute atomic E-state index is 0.0356. The van der Waals surface area contributed by atoms with E-state index < -0.39 is 0 Å². The molecule has 3 heteroatoms. The second-order valence-corrected chi connectivity index (χ2v) is 7.46. The largest absolute Gasteiger partial charge is 0.274 e. The number of hydrogen-bond acceptors (Lipinski definition) is 2. The lowest BCUT2D eigenvalue weighted by Gasteiger charge is -2.37. The number of aryl methyl sites for hydroxylation is 2. The van der Waals surface area contributed by atoms with E-state index in [1.807, 2.05) is 32.0 Å². The van der Waals surface area contributed by atoms with Gasteiger partial charge >= 0.3 is 0 Å². The number of allylic oxidation sites excluding steroid dienone is 2. The monoisotopic (exact) mass is 293 g/mol. The van der Waals surface area contributed by atoms with Crippen LogP contribution >= 0.6 is 0 Å². The van der Waals surface area contributed by atoms with Gasteiger partial charge in [0, 0.05) is 0 Å². The fourth-order valence-corrected chi connectivity index (χ4v) is 5.15. The summed E-state index contributed by atoms with van der Waals surface area (Å²) < 4.78 is 0. The molecule has 1 aromatic rings. The Morgan fingerprint density at radius 3 is 2.14 bits per heavy atom. The number of anilines is 1. The molecule has 0 N–H and O–H groups in total. The van der Waals surface area contributed by atoms with Crippen LogP contribution in [-0.2, 0) is 9.59 Å². The number of hydrogen-bond donors (Lipinski definition) is 0. The lowest BCUT2D eigenvalue weighted by molar-refractivity contribution is -0.124. The molecule has 1 heterocycles. The topological polar surface area (TPSA) is 37.4 Å². The molecule has 6 atom stereocenters. The first-order chi connectivity index (χ1) is 10.6. The van der Waals surface area contributed by atoms with Gasteiger partial charge in [0.1, 0.15) is 0 Å². The Kier molecular flexibility index (Phi) is 2.23. The van der Waals surface area contributed by atoms with Crippen LogP contribution in [-0.4, -0.2) is 11.8 Å². The van der Waals surface area contributed by atoms with Gasteiger partial charge in [-0.05, 0) is 61.1 Å². The maximum absolute atomic E-state index is 13.0. The van der Waals surface area contributed by atoms with E-state index >= 15 is 0 Å². The third-order valence-corrected chi connectivity index (χ3v) is 6.27. The van der Waals surface area contributed by atoms with Crippen LogP contribution in [0, 0.1) is 49.4 Å². The highest BCUT2D eigenvalue weighted by Crippen LogP contribution is 2.65. The van der Waals surface area contributed by atoms with E-state index in [0.717, 1.165) is 16.8 Å². The summed E-state index contributed by atoms with van der Waals surface area (Å²) in [6.45, 7) is 3.98. The molecule has 0 radical (unpaired) electrons. The number of imide groups is 1. The summed E-state index contributed by atoms with van der Waals surface area (Å²) in [6.07, 6.45) is 5.65. The molecular weight excluding hydrogens is 274 g/mol. The highest BCUT2D eigenvalue weighted by Gasteiger charge is 2.67. The van der Waals surface area contributed by atoms with Crippen molar-refractivity contribution >= 4 is 17.5 Å². The van der Waals surface area contributed by atoms with Crippen LogP contribution in [0.5, 0.6) is 0 Å². The molecule has 0 spiro atoms. The molecule has 5 aliphatic rings. The fraction of sp³-hybridized carbons (Fsp3) is 0.474. The Morgan fingerprint density at radius 2 is 1.55 bits per heavy atom. The molecular formula is C19H19NO2. The second kappa shape index (κ2) is 3.89. The van der Waals surface area contributed by atoms with Crippen molar-refractivity contribution in [2.45, 2.75) is 20.3 Å². The van der Waals surface area contributed by atoms with Gasteiger partial charge in [0.15, 0.2) is 0 Å². The van der Waals surface area contributed by atoms with E-state index in [4.69, 9.17) is 0 Å². The van der Waals surface area contributed by atoms with Gasteiger partial charge in [-0.1, -0.05) is 24.3 Å². The van der Waals surface area contributed by atoms with Crippen molar-refractivity contribution < 1.29 is 9.59 Å². The molecule has 2 amide bonds. The smallest absolute Gasteiger partial charge is 0.238 e. The maximum atomic E-state index is 13.0. The van der Waals surface area contributed by atoms with Crippen LogP contribution in [0.3, 0.4) is 0 Å². The fourth-order valence-electron chi connectivity index (χ4n) is 5.15. The van der Waals surface area contributed by atoms with Gasteiger partial charge in [0.05, 0.1) is 17.5 Å². The maximum Gasteiger partial charge on any atom is 0.238 e. The molecule has 3 nitrogen and oxygen atoms in total. The van der Waals surface area contributed by atoms with Crippen molar-refractivity contribution in [2.75, 3.05) is 4.90 Å². The van der Waals surface area contributed by atoms with Crippen LogP contribution in [0.2, 0.25) is 0 Å². The van der Waals surface area contributed by atoms with Crippen molar-refractivity contribution in [1.29, 1.82) is 0 Å². The Hall–Kier alpha value is -1.90. The van der Waals surface area contributed by atoms with Gasteiger partial charge in [-0.15, -0.1) is 0 Å². The van der Waals surface area contributed by atoms with E-state index in [2.05, 4.69) is 12.2 Å². The number of benzene rings is 1. The van der Waals surface area contributed by atoms with E-state index in [9.17, 15) is 9.59 Å². The highest BCUT2D eigenvalue weighted by atomic mass is 16.2. The third kappa shape index (κ3) is 1.37. The average Bonchev–Trinajstić information content (AvgIpc) is 3.28. The molecule has 2 saturated carbocycles. The molecule has 0 aromatic heterocycles. The molecule has 1 aromatic carbocycles. The van der Waals surface area contributed by atoms with Crippen molar-refractivity contribution in [3.05, 3.63) is 41.5 Å². The first-order valence-corrected chi connectivity index (χ1v) is 8.21. The standard InChI is InChI=1S/C19H19NO2/c1-9-3-4-10(2)15(7-9)20-18(21)16-11-5-6-12(14-8-13(11)14)17(16)19(20)22/h3-7,11-14,16-17H,8H2,1-2H3/t11-,12-,13-,14-,16-,17+/m1/s1. The van der Waals surface area contributed by atoms with Gasteiger partial charge in [0.2, 0.25) is 11.8 Å². The van der Waals surface area contributed by atoms with Crippen LogP contribution in [0.25, 0.3) is 0 Å². The molecule has 4 aliphatic carbocycles. The minimum Gasteiger partial charge on any atom is -0.274 e. The molecule has 0 unspecified atom stereocenters. The van der Waals surface area contributed by atoms with E-state index in [0.29, 0.717) is 23.7 Å². The molecule has 112 valence electrons. The average molecular weight is 293 g/mol. The first kappa shape index (κ1) is 12.6. The first-order valence-electron chi connectivity index (χ1n) is 8.21. The van der Waals surface area contributed by atoms with Crippen molar-refractivity contribution in [1.82, 2.24) is 0 Å². The van der Waals surface area contributed by atoms with Crippen LogP contribution < -0.4 is 4.90 Å². The summed E-state index contributed by atoms with van der Waals surface area (Å²) in [5, 5.41) is 0. The number of carbonyl (C=O) groups is 2. The van der Waals surface area contributed by atoms with Gasteiger partial charge < -0.3 is 0 Å². The van der Waals surface area contributed by atoms with Crippen LogP contribution in [0.1, 0.15) is 17.5 Å². The van der Waals surface area contributed by atoms with Gasteiger partial charge in [-0.3, -0.25) is 9.59 Å². The SMILES string of the molecule is Cc1ccc(C)c(N2C(=O)[C@@H]3[C@@H]4C=C[C@H]([C@H]5C[C@H]45)[C@@H]3C2=O)c1. The summed E-state index contributed by atoms with van der Waals surface area (Å²) in [6, 6.07) is 5.99. The molecule has 1 saturated heterocycles. The van der Waals surface area contributed by atoms with Gasteiger partial charge in [-0.2, -0.15) is 0 Å². The van der Waals surface area contributed by atoms with Gasteiger partial charge in [-0.25, -0.2) is 4.90 Å². The Bertz CT molecular complexity index is 714. The van der Waals surface area contributed by atoms with Crippen molar-refractivity contribution in [3.8, 4) is 0 Å². The summed E-state index contributed by atoms with van der Waals surface area (Å²) in [4.78, 5) is 27.6. The van der Waals surface area contributed by atoms with E-state index in [1.54, 1.807) is 0 Å². The number of carbonyl (C=O) groups excluding carboxylic acids is 2. The molecule has 6 rings (SSSR count). The zero-order valence-electron chi connectivity index (χ0n) is 12.8. The Labute approximate surface area is 130 Å². The summed E-state index contributed by atoms with van der Waals surface area (Å²) in [7, 11) is 0. The Balaban J connectivity index is 1.62. The van der Waals surface area contributed by atoms with Crippen LogP contribution in [0.15, 0.2) is 30.4 Å². The number of rotatable bonds is 1. The number of nitrogens with zero attached hydrogens (tertiary/aromatic N) is 1. The third-order valence-electron chi connectivity index (χ3n) is 6.27. The molecule has 22 heavy (non-hydrogen) atoms. The zero-order valence-corrected chi connectivity index (χ0v) is 12.8. The molecule has 2 bridgehead atoms. The molecule has 1 aliphatic heterocycles. The summed E-state index contributed by atoms with van der Waals surface area (Å²) in [5.74, 6) is 1.77. The van der Waals surface area contributed by atoms with Crippen molar-refractivity contribution in [3.63, 3.8) is 0 Å². The minimum atomic E-state index is -0.105. The second-order valence-electron chi connectivity index (χ2n) is 7.46. The van der Waals surface area contributed by atoms with Crippen LogP contribution in [0.4, 0.5) is 5.69 Å². The number of amides is 2. The van der Waals surface area contributed by atoms with E-state index in [1.165, 1.54) is 11.3 Å². The lowest BCUT2D eigenvalue weighted by Crippen LogP contribution is -2.40. The molecule has 3 fully saturated rings. The quantitative estimate of drug-likeness (QED) is 0.590. The van der Waals surface area contributed by atoms with E-state index in [-0.39, 0.29) is 23.7 Å². The summed E-state index contributed by atoms with van der Waals surface area (Å²) in [5.41, 5.74) is 2.87. The summed E-state index contributed by atoms with van der Waals surface area (Å²) >= 11 is 0. The predicted molar refractivity (Wildman–Crippen MR) is 83.1 cm³/mol. The Morgan fingerprint density at radius 1 is 0.955 bits per heavy atom. The van der Waals surface area contributed by atoms with Crippen molar-refractivity contribution in [2.24, 2.45) is 35.5 Å². The van der Waals surface area contributed by atoms with Gasteiger partial charge in [0.25, 0.3) is 0 Å².